The second-order valence-corrected chi connectivity index (χ2v) is 6.98. The number of hydrogen-bond donors (Lipinski definition) is 0. The summed E-state index contributed by atoms with van der Waals surface area (Å²) in [5, 5.41) is 0. The number of ether oxygens (including phenoxy) is 4. The van der Waals surface area contributed by atoms with E-state index in [0.717, 1.165) is 13.0 Å². The van der Waals surface area contributed by atoms with E-state index in [2.05, 4.69) is 34.6 Å². The van der Waals surface area contributed by atoms with E-state index in [1.807, 2.05) is 13.8 Å². The summed E-state index contributed by atoms with van der Waals surface area (Å²) in [6.07, 6.45) is 2.29. The lowest BCUT2D eigenvalue weighted by Crippen LogP contribution is -2.48. The van der Waals surface area contributed by atoms with Crippen molar-refractivity contribution < 1.29 is 23.7 Å². The molecule has 1 saturated heterocycles. The van der Waals surface area contributed by atoms with Crippen LogP contribution in [-0.2, 0) is 23.7 Å². The third-order valence-electron chi connectivity index (χ3n) is 4.11. The van der Waals surface area contributed by atoms with E-state index in [9.17, 15) is 4.79 Å². The number of methoxy groups -OCH3 is 1. The summed E-state index contributed by atoms with van der Waals surface area (Å²) >= 11 is 0. The molecule has 0 aromatic heterocycles. The van der Waals surface area contributed by atoms with Crippen LogP contribution in [0.3, 0.4) is 0 Å². The highest BCUT2D eigenvalue weighted by molar-refractivity contribution is 5.83. The van der Waals surface area contributed by atoms with Crippen molar-refractivity contribution in [3.63, 3.8) is 0 Å². The number of rotatable bonds is 6. The summed E-state index contributed by atoms with van der Waals surface area (Å²) in [7, 11) is 1.72. The van der Waals surface area contributed by atoms with Gasteiger partial charge < -0.3 is 18.9 Å². The quantitative estimate of drug-likeness (QED) is 0.713. The SMILES string of the molecule is CC(=O)C1(C)OCCO1.CCC.CCCOC(C)(C)C(C)(C)OC. The minimum atomic E-state index is -0.944. The molecule has 1 fully saturated rings. The van der Waals surface area contributed by atoms with Crippen molar-refractivity contribution in [2.45, 2.75) is 92.1 Å². The van der Waals surface area contributed by atoms with Gasteiger partial charge in [-0.1, -0.05) is 27.2 Å². The molecule has 1 aliphatic rings. The van der Waals surface area contributed by atoms with Crippen LogP contribution in [0.4, 0.5) is 0 Å². The highest BCUT2D eigenvalue weighted by Gasteiger charge is 2.38. The molecule has 0 N–H and O–H groups in total. The van der Waals surface area contributed by atoms with Crippen LogP contribution in [-0.4, -0.2) is 49.7 Å². The average Bonchev–Trinajstić information content (AvgIpc) is 2.95. The predicted molar refractivity (Wildman–Crippen MR) is 98.4 cm³/mol. The molecule has 1 heterocycles. The highest BCUT2D eigenvalue weighted by atomic mass is 16.7. The molecule has 146 valence electrons. The first-order valence-corrected chi connectivity index (χ1v) is 8.92. The molecular weight excluding hydrogens is 308 g/mol. The second-order valence-electron chi connectivity index (χ2n) is 6.98. The van der Waals surface area contributed by atoms with Crippen LogP contribution in [0.2, 0.25) is 0 Å². The van der Waals surface area contributed by atoms with E-state index in [1.165, 1.54) is 13.3 Å². The monoisotopic (exact) mass is 348 g/mol. The van der Waals surface area contributed by atoms with E-state index in [-0.39, 0.29) is 17.0 Å². The zero-order valence-corrected chi connectivity index (χ0v) is 17.6. The molecule has 0 radical (unpaired) electrons. The van der Waals surface area contributed by atoms with Crippen LogP contribution >= 0.6 is 0 Å². The Morgan fingerprint density at radius 3 is 1.71 bits per heavy atom. The van der Waals surface area contributed by atoms with Crippen molar-refractivity contribution in [3.8, 4) is 0 Å². The average molecular weight is 349 g/mol. The zero-order chi connectivity index (χ0) is 19.4. The molecule has 0 saturated carbocycles. The molecule has 0 unspecified atom stereocenters. The Hall–Kier alpha value is -0.490. The Balaban J connectivity index is 0. The molecule has 1 rings (SSSR count). The molecule has 5 nitrogen and oxygen atoms in total. The number of ketones is 1. The minimum absolute atomic E-state index is 0.0694. The molecule has 0 atom stereocenters. The van der Waals surface area contributed by atoms with Crippen LogP contribution < -0.4 is 0 Å². The molecule has 0 aliphatic carbocycles. The first-order valence-electron chi connectivity index (χ1n) is 8.92. The summed E-state index contributed by atoms with van der Waals surface area (Å²) < 4.78 is 21.1. The number of Topliss-reactive ketones (excluding diaryl/α,β-unsaturated/α-hetero) is 1. The second kappa shape index (κ2) is 12.0. The van der Waals surface area contributed by atoms with E-state index in [1.54, 1.807) is 14.0 Å². The van der Waals surface area contributed by atoms with Gasteiger partial charge in [0.05, 0.1) is 24.4 Å². The van der Waals surface area contributed by atoms with Crippen LogP contribution in [0, 0.1) is 0 Å². The van der Waals surface area contributed by atoms with Gasteiger partial charge in [-0.15, -0.1) is 0 Å². The minimum Gasteiger partial charge on any atom is -0.376 e. The first kappa shape index (κ1) is 25.7. The number of carbonyl (C=O) groups excluding carboxylic acids is 1. The molecule has 0 spiro atoms. The first-order chi connectivity index (χ1) is 10.9. The Morgan fingerprint density at radius 2 is 1.46 bits per heavy atom. The van der Waals surface area contributed by atoms with Crippen molar-refractivity contribution in [2.24, 2.45) is 0 Å². The molecule has 5 heteroatoms. The molecular formula is C19H40O5. The van der Waals surface area contributed by atoms with Crippen molar-refractivity contribution in [1.29, 1.82) is 0 Å². The standard InChI is InChI=1S/C10H22O2.C6H10O3.C3H8/c1-7-8-12-10(4,5)9(2,3)11-6;1-5(7)6(2)8-3-4-9-6;1-3-2/h7-8H2,1-6H3;3-4H2,1-2H3;3H2,1-2H3. The molecule has 0 amide bonds. The molecule has 0 aromatic rings. The smallest absolute Gasteiger partial charge is 0.225 e. The van der Waals surface area contributed by atoms with Gasteiger partial charge in [0.2, 0.25) is 5.79 Å². The Bertz CT molecular complexity index is 331. The van der Waals surface area contributed by atoms with Gasteiger partial charge in [-0.2, -0.15) is 0 Å². The van der Waals surface area contributed by atoms with E-state index >= 15 is 0 Å². The normalized spacial score (nSPS) is 16.6. The fourth-order valence-corrected chi connectivity index (χ4v) is 1.49. The molecule has 0 aromatic carbocycles. The van der Waals surface area contributed by atoms with E-state index in [4.69, 9.17) is 18.9 Å². The number of hydrogen-bond acceptors (Lipinski definition) is 5. The van der Waals surface area contributed by atoms with Gasteiger partial charge in [0.25, 0.3) is 0 Å². The largest absolute Gasteiger partial charge is 0.376 e. The van der Waals surface area contributed by atoms with E-state index in [0.29, 0.717) is 13.2 Å². The lowest BCUT2D eigenvalue weighted by molar-refractivity contribution is -0.171. The summed E-state index contributed by atoms with van der Waals surface area (Å²) in [5.41, 5.74) is -0.458. The van der Waals surface area contributed by atoms with Gasteiger partial charge in [0.1, 0.15) is 0 Å². The summed E-state index contributed by atoms with van der Waals surface area (Å²) in [4.78, 5) is 10.7. The zero-order valence-electron chi connectivity index (χ0n) is 17.6. The van der Waals surface area contributed by atoms with Crippen molar-refractivity contribution in [1.82, 2.24) is 0 Å². The maximum atomic E-state index is 10.7. The molecule has 0 bridgehead atoms. The van der Waals surface area contributed by atoms with Gasteiger partial charge in [-0.25, -0.2) is 0 Å². The van der Waals surface area contributed by atoms with Gasteiger partial charge in [-0.05, 0) is 41.0 Å². The van der Waals surface area contributed by atoms with Crippen molar-refractivity contribution >= 4 is 5.78 Å². The lowest BCUT2D eigenvalue weighted by Gasteiger charge is -2.40. The van der Waals surface area contributed by atoms with E-state index < -0.39 is 5.79 Å². The van der Waals surface area contributed by atoms with Gasteiger partial charge in [-0.3, -0.25) is 4.79 Å². The third-order valence-corrected chi connectivity index (χ3v) is 4.11. The lowest BCUT2D eigenvalue weighted by atomic mass is 9.89. The summed E-state index contributed by atoms with van der Waals surface area (Å²) in [6.45, 7) is 19.5. The third kappa shape index (κ3) is 9.11. The topological polar surface area (TPSA) is 54.0 Å². The molecule has 1 aliphatic heterocycles. The van der Waals surface area contributed by atoms with Crippen LogP contribution in [0.5, 0.6) is 0 Å². The Kier molecular flexibility index (Phi) is 12.8. The number of carbonyl (C=O) groups is 1. The van der Waals surface area contributed by atoms with Crippen LogP contribution in [0.25, 0.3) is 0 Å². The van der Waals surface area contributed by atoms with Crippen molar-refractivity contribution in [3.05, 3.63) is 0 Å². The highest BCUT2D eigenvalue weighted by Crippen LogP contribution is 2.28. The molecule has 24 heavy (non-hydrogen) atoms. The van der Waals surface area contributed by atoms with Crippen molar-refractivity contribution in [2.75, 3.05) is 26.9 Å². The van der Waals surface area contributed by atoms with Crippen LogP contribution in [0.15, 0.2) is 0 Å². The summed E-state index contributed by atoms with van der Waals surface area (Å²) in [5.74, 6) is -1.01. The van der Waals surface area contributed by atoms with Crippen LogP contribution in [0.1, 0.15) is 75.2 Å². The maximum absolute atomic E-state index is 10.7. The fourth-order valence-electron chi connectivity index (χ4n) is 1.49. The summed E-state index contributed by atoms with van der Waals surface area (Å²) in [6, 6.07) is 0. The van der Waals surface area contributed by atoms with Gasteiger partial charge >= 0.3 is 0 Å². The van der Waals surface area contributed by atoms with Gasteiger partial charge in [0, 0.05) is 20.6 Å². The fraction of sp³-hybridized carbons (Fsp3) is 0.947. The Morgan fingerprint density at radius 1 is 1.04 bits per heavy atom. The maximum Gasteiger partial charge on any atom is 0.225 e. The Labute approximate surface area is 149 Å². The van der Waals surface area contributed by atoms with Gasteiger partial charge in [0.15, 0.2) is 5.78 Å². The predicted octanol–water partition coefficient (Wildman–Crippen LogP) is 4.37.